The van der Waals surface area contributed by atoms with Gasteiger partial charge in [0.1, 0.15) is 0 Å². The smallest absolute Gasteiger partial charge is 0.0483 e. The number of rotatable bonds is 6. The van der Waals surface area contributed by atoms with Crippen LogP contribution in [0.1, 0.15) is 32.3 Å². The zero-order valence-electron chi connectivity index (χ0n) is 11.5. The van der Waals surface area contributed by atoms with Crippen LogP contribution >= 0.6 is 0 Å². The van der Waals surface area contributed by atoms with Crippen LogP contribution in [-0.4, -0.2) is 11.1 Å². The number of nitrogens with zero attached hydrogens (tertiary/aromatic N) is 1. The Balaban J connectivity index is 2.24. The summed E-state index contributed by atoms with van der Waals surface area (Å²) in [6, 6.07) is 8.90. The molecule has 0 saturated heterocycles. The van der Waals surface area contributed by atoms with Crippen molar-refractivity contribution < 1.29 is 0 Å². The summed E-state index contributed by atoms with van der Waals surface area (Å²) in [6.45, 7) is 6.42. The van der Waals surface area contributed by atoms with Gasteiger partial charge in [0.05, 0.1) is 0 Å². The predicted molar refractivity (Wildman–Crippen MR) is 78.8 cm³/mol. The Morgan fingerprint density at radius 1 is 1.28 bits per heavy atom. The Hall–Kier alpha value is -1.28. The Morgan fingerprint density at radius 2 is 2.11 bits per heavy atom. The van der Waals surface area contributed by atoms with E-state index in [0.29, 0.717) is 0 Å². The second-order valence-corrected chi connectivity index (χ2v) is 5.29. The molecule has 2 heteroatoms. The van der Waals surface area contributed by atoms with E-state index in [-0.39, 0.29) is 0 Å². The first-order valence-electron chi connectivity index (χ1n) is 7.02. The molecule has 1 aromatic carbocycles. The number of nitrogens with two attached hydrogens (primary N) is 1. The lowest BCUT2D eigenvalue weighted by molar-refractivity contribution is 0.453. The minimum absolute atomic E-state index is 0.721. The maximum absolute atomic E-state index is 5.63. The van der Waals surface area contributed by atoms with Crippen molar-refractivity contribution in [1.82, 2.24) is 4.57 Å². The zero-order chi connectivity index (χ0) is 13.0. The summed E-state index contributed by atoms with van der Waals surface area (Å²) in [4.78, 5) is 0. The summed E-state index contributed by atoms with van der Waals surface area (Å²) >= 11 is 0. The number of benzene rings is 1. The summed E-state index contributed by atoms with van der Waals surface area (Å²) < 4.78 is 2.38. The van der Waals surface area contributed by atoms with Crippen LogP contribution in [0.25, 0.3) is 10.9 Å². The highest BCUT2D eigenvalue weighted by Gasteiger charge is 2.06. The molecule has 0 aliphatic carbocycles. The fourth-order valence-corrected chi connectivity index (χ4v) is 2.63. The molecule has 2 rings (SSSR count). The third-order valence-corrected chi connectivity index (χ3v) is 3.56. The molecule has 0 saturated carbocycles. The average Bonchev–Trinajstić information content (AvgIpc) is 2.73. The standard InChI is InChI=1S/C16H24N2/c1-3-4-13(2)12-18-10-8-15-6-5-14(7-9-17)11-16(15)18/h5-6,8,10-11,13H,3-4,7,9,12,17H2,1-2H3. The minimum atomic E-state index is 0.721. The normalized spacial score (nSPS) is 13.1. The lowest BCUT2D eigenvalue weighted by Gasteiger charge is -2.13. The van der Waals surface area contributed by atoms with Crippen molar-refractivity contribution in [2.45, 2.75) is 39.7 Å². The second-order valence-electron chi connectivity index (χ2n) is 5.29. The Kier molecular flexibility index (Phi) is 4.43. The molecule has 2 nitrogen and oxygen atoms in total. The van der Waals surface area contributed by atoms with E-state index in [1.54, 1.807) is 0 Å². The SMILES string of the molecule is CCCC(C)Cn1ccc2ccc(CCN)cc21. The van der Waals surface area contributed by atoms with Crippen LogP contribution in [-0.2, 0) is 13.0 Å². The first kappa shape index (κ1) is 13.2. The molecule has 0 aliphatic rings. The molecule has 0 fully saturated rings. The van der Waals surface area contributed by atoms with Crippen LogP contribution in [0.3, 0.4) is 0 Å². The van der Waals surface area contributed by atoms with E-state index in [4.69, 9.17) is 5.73 Å². The van der Waals surface area contributed by atoms with E-state index in [1.807, 2.05) is 0 Å². The molecule has 2 aromatic rings. The zero-order valence-corrected chi connectivity index (χ0v) is 11.5. The van der Waals surface area contributed by atoms with Gasteiger partial charge in [0.2, 0.25) is 0 Å². The van der Waals surface area contributed by atoms with Crippen molar-refractivity contribution in [3.8, 4) is 0 Å². The Labute approximate surface area is 110 Å². The third-order valence-electron chi connectivity index (χ3n) is 3.56. The van der Waals surface area contributed by atoms with E-state index in [0.717, 1.165) is 25.4 Å². The third kappa shape index (κ3) is 2.94. The molecule has 0 spiro atoms. The molecule has 18 heavy (non-hydrogen) atoms. The van der Waals surface area contributed by atoms with Gasteiger partial charge in [-0.05, 0) is 48.4 Å². The molecule has 98 valence electrons. The van der Waals surface area contributed by atoms with Gasteiger partial charge in [0.25, 0.3) is 0 Å². The van der Waals surface area contributed by atoms with Crippen LogP contribution in [0.4, 0.5) is 0 Å². The molecule has 2 N–H and O–H groups in total. The van der Waals surface area contributed by atoms with Crippen LogP contribution in [0.5, 0.6) is 0 Å². The lowest BCUT2D eigenvalue weighted by atomic mass is 10.1. The maximum atomic E-state index is 5.63. The fraction of sp³-hybridized carbons (Fsp3) is 0.500. The summed E-state index contributed by atoms with van der Waals surface area (Å²) in [5.41, 5.74) is 8.32. The monoisotopic (exact) mass is 244 g/mol. The summed E-state index contributed by atoms with van der Waals surface area (Å²) in [5.74, 6) is 0.740. The van der Waals surface area contributed by atoms with E-state index in [2.05, 4.69) is 48.9 Å². The van der Waals surface area contributed by atoms with Gasteiger partial charge in [-0.25, -0.2) is 0 Å². The van der Waals surface area contributed by atoms with Crippen LogP contribution in [0.2, 0.25) is 0 Å². The summed E-state index contributed by atoms with van der Waals surface area (Å²) in [7, 11) is 0. The van der Waals surface area contributed by atoms with Gasteiger partial charge in [0.15, 0.2) is 0 Å². The second kappa shape index (κ2) is 6.05. The van der Waals surface area contributed by atoms with Crippen molar-refractivity contribution in [2.24, 2.45) is 11.7 Å². The highest BCUT2D eigenvalue weighted by molar-refractivity contribution is 5.80. The highest BCUT2D eigenvalue weighted by atomic mass is 15.0. The molecular weight excluding hydrogens is 220 g/mol. The van der Waals surface area contributed by atoms with Gasteiger partial charge in [-0.3, -0.25) is 0 Å². The molecule has 1 aromatic heterocycles. The van der Waals surface area contributed by atoms with Crippen LogP contribution in [0, 0.1) is 5.92 Å². The fourth-order valence-electron chi connectivity index (χ4n) is 2.63. The molecule has 0 bridgehead atoms. The minimum Gasteiger partial charge on any atom is -0.347 e. The predicted octanol–water partition coefficient (Wildman–Crippen LogP) is 3.58. The van der Waals surface area contributed by atoms with Crippen molar-refractivity contribution >= 4 is 10.9 Å². The van der Waals surface area contributed by atoms with Crippen molar-refractivity contribution in [3.05, 3.63) is 36.0 Å². The van der Waals surface area contributed by atoms with E-state index in [1.165, 1.54) is 29.3 Å². The molecule has 1 atom stereocenters. The largest absolute Gasteiger partial charge is 0.347 e. The van der Waals surface area contributed by atoms with Gasteiger partial charge in [-0.1, -0.05) is 32.4 Å². The molecule has 0 aliphatic heterocycles. The van der Waals surface area contributed by atoms with Crippen molar-refractivity contribution in [3.63, 3.8) is 0 Å². The van der Waals surface area contributed by atoms with Gasteiger partial charge in [0, 0.05) is 18.3 Å². The lowest BCUT2D eigenvalue weighted by Crippen LogP contribution is -2.07. The van der Waals surface area contributed by atoms with E-state index >= 15 is 0 Å². The molecule has 1 heterocycles. The van der Waals surface area contributed by atoms with E-state index < -0.39 is 0 Å². The maximum Gasteiger partial charge on any atom is 0.0483 e. The number of hydrogen-bond acceptors (Lipinski definition) is 1. The van der Waals surface area contributed by atoms with Crippen LogP contribution in [0.15, 0.2) is 30.5 Å². The number of hydrogen-bond donors (Lipinski definition) is 1. The Bertz CT molecular complexity index is 499. The number of aromatic nitrogens is 1. The van der Waals surface area contributed by atoms with Gasteiger partial charge in [-0.2, -0.15) is 0 Å². The summed E-state index contributed by atoms with van der Waals surface area (Å²) in [6.07, 6.45) is 5.73. The quantitative estimate of drug-likeness (QED) is 0.827. The van der Waals surface area contributed by atoms with Gasteiger partial charge in [-0.15, -0.1) is 0 Å². The van der Waals surface area contributed by atoms with Crippen molar-refractivity contribution in [1.29, 1.82) is 0 Å². The average molecular weight is 244 g/mol. The molecule has 1 unspecified atom stereocenters. The van der Waals surface area contributed by atoms with Crippen molar-refractivity contribution in [2.75, 3.05) is 6.54 Å². The highest BCUT2D eigenvalue weighted by Crippen LogP contribution is 2.20. The molecule has 0 radical (unpaired) electrons. The molecule has 0 amide bonds. The van der Waals surface area contributed by atoms with E-state index in [9.17, 15) is 0 Å². The molecular formula is C16H24N2. The van der Waals surface area contributed by atoms with Gasteiger partial charge >= 0.3 is 0 Å². The topological polar surface area (TPSA) is 30.9 Å². The number of fused-ring (bicyclic) bond motifs is 1. The first-order chi connectivity index (χ1) is 8.74. The Morgan fingerprint density at radius 3 is 2.83 bits per heavy atom. The summed E-state index contributed by atoms with van der Waals surface area (Å²) in [5, 5.41) is 1.33. The van der Waals surface area contributed by atoms with Gasteiger partial charge < -0.3 is 10.3 Å². The first-order valence-corrected chi connectivity index (χ1v) is 7.02. The van der Waals surface area contributed by atoms with Crippen LogP contribution < -0.4 is 5.73 Å².